The van der Waals surface area contributed by atoms with Gasteiger partial charge in [-0.05, 0) is 43.5 Å². The fraction of sp³-hybridized carbons (Fsp3) is 0.304. The van der Waals surface area contributed by atoms with Gasteiger partial charge in [0.2, 0.25) is 0 Å². The molecule has 6 heteroatoms. The summed E-state index contributed by atoms with van der Waals surface area (Å²) < 4.78 is 10.5. The standard InChI is InChI=1S/C23H26N2O4/c1-15-6-9-17(10-7-15)20-21(23(27)25(22(20)26)12-5-13-28-3)24-18-14-16(2)8-11-19(18)29-4/h6-11,14,24H,5,12-13H2,1-4H3. The minimum absolute atomic E-state index is 0.264. The molecule has 1 N–H and O–H groups in total. The minimum atomic E-state index is -0.342. The van der Waals surface area contributed by atoms with E-state index >= 15 is 0 Å². The Bertz CT molecular complexity index is 948. The Morgan fingerprint density at radius 1 is 0.931 bits per heavy atom. The average molecular weight is 394 g/mol. The zero-order valence-corrected chi connectivity index (χ0v) is 17.2. The van der Waals surface area contributed by atoms with Crippen LogP contribution in [-0.2, 0) is 14.3 Å². The summed E-state index contributed by atoms with van der Waals surface area (Å²) in [5, 5.41) is 3.18. The Morgan fingerprint density at radius 2 is 1.62 bits per heavy atom. The maximum atomic E-state index is 13.2. The van der Waals surface area contributed by atoms with Crippen molar-refractivity contribution >= 4 is 23.1 Å². The summed E-state index contributed by atoms with van der Waals surface area (Å²) in [6, 6.07) is 13.2. The molecule has 0 aromatic heterocycles. The van der Waals surface area contributed by atoms with E-state index in [0.29, 0.717) is 42.1 Å². The summed E-state index contributed by atoms with van der Waals surface area (Å²) in [5.74, 6) is -0.0428. The van der Waals surface area contributed by atoms with Crippen LogP contribution in [0.3, 0.4) is 0 Å². The molecule has 0 fully saturated rings. The van der Waals surface area contributed by atoms with Gasteiger partial charge in [-0.15, -0.1) is 0 Å². The molecule has 29 heavy (non-hydrogen) atoms. The highest BCUT2D eigenvalue weighted by Gasteiger charge is 2.39. The molecule has 2 aromatic carbocycles. The van der Waals surface area contributed by atoms with Gasteiger partial charge >= 0.3 is 0 Å². The number of hydrogen-bond donors (Lipinski definition) is 1. The number of anilines is 1. The molecular weight excluding hydrogens is 368 g/mol. The van der Waals surface area contributed by atoms with Crippen LogP contribution in [0.15, 0.2) is 48.2 Å². The van der Waals surface area contributed by atoms with Crippen molar-refractivity contribution in [2.75, 3.05) is 32.7 Å². The molecule has 0 saturated heterocycles. The molecule has 0 saturated carbocycles. The van der Waals surface area contributed by atoms with E-state index in [1.54, 1.807) is 14.2 Å². The minimum Gasteiger partial charge on any atom is -0.495 e. The third kappa shape index (κ3) is 4.32. The SMILES string of the molecule is COCCCN1C(=O)C(Nc2cc(C)ccc2OC)=C(c2ccc(C)cc2)C1=O. The number of hydrogen-bond acceptors (Lipinski definition) is 5. The van der Waals surface area contributed by atoms with Gasteiger partial charge in [0.05, 0.1) is 18.4 Å². The number of carbonyl (C=O) groups excluding carboxylic acids is 2. The largest absolute Gasteiger partial charge is 0.495 e. The van der Waals surface area contributed by atoms with E-state index in [9.17, 15) is 9.59 Å². The second-order valence-electron chi connectivity index (χ2n) is 7.05. The predicted molar refractivity (Wildman–Crippen MR) is 113 cm³/mol. The van der Waals surface area contributed by atoms with Crippen LogP contribution in [0.25, 0.3) is 5.57 Å². The lowest BCUT2D eigenvalue weighted by atomic mass is 10.0. The summed E-state index contributed by atoms with van der Waals surface area (Å²) in [6.07, 6.45) is 0.580. The van der Waals surface area contributed by atoms with Crippen LogP contribution in [-0.4, -0.2) is 44.1 Å². The van der Waals surface area contributed by atoms with Crippen LogP contribution < -0.4 is 10.1 Å². The van der Waals surface area contributed by atoms with Crippen molar-refractivity contribution in [2.45, 2.75) is 20.3 Å². The van der Waals surface area contributed by atoms with Crippen molar-refractivity contribution in [2.24, 2.45) is 0 Å². The van der Waals surface area contributed by atoms with Crippen LogP contribution in [0.4, 0.5) is 5.69 Å². The number of rotatable bonds is 8. The van der Waals surface area contributed by atoms with Crippen LogP contribution in [0.1, 0.15) is 23.1 Å². The van der Waals surface area contributed by atoms with Crippen LogP contribution in [0, 0.1) is 13.8 Å². The van der Waals surface area contributed by atoms with Gasteiger partial charge in [0.25, 0.3) is 11.8 Å². The molecule has 1 heterocycles. The van der Waals surface area contributed by atoms with Gasteiger partial charge in [-0.1, -0.05) is 35.9 Å². The maximum Gasteiger partial charge on any atom is 0.278 e. The Morgan fingerprint density at radius 3 is 2.28 bits per heavy atom. The molecule has 2 amide bonds. The van der Waals surface area contributed by atoms with Crippen molar-refractivity contribution in [3.8, 4) is 5.75 Å². The first-order chi connectivity index (χ1) is 14.0. The monoisotopic (exact) mass is 394 g/mol. The van der Waals surface area contributed by atoms with E-state index in [-0.39, 0.29) is 17.5 Å². The van der Waals surface area contributed by atoms with Crippen molar-refractivity contribution < 1.29 is 19.1 Å². The van der Waals surface area contributed by atoms with Crippen molar-refractivity contribution in [3.05, 3.63) is 64.9 Å². The highest BCUT2D eigenvalue weighted by atomic mass is 16.5. The smallest absolute Gasteiger partial charge is 0.278 e. The number of amides is 2. The molecule has 0 bridgehead atoms. The van der Waals surface area contributed by atoms with Gasteiger partial charge in [-0.25, -0.2) is 0 Å². The zero-order valence-electron chi connectivity index (χ0n) is 17.2. The third-order valence-corrected chi connectivity index (χ3v) is 4.85. The highest BCUT2D eigenvalue weighted by molar-refractivity contribution is 6.36. The van der Waals surface area contributed by atoms with Gasteiger partial charge in [0.15, 0.2) is 0 Å². The van der Waals surface area contributed by atoms with Crippen molar-refractivity contribution in [1.29, 1.82) is 0 Å². The van der Waals surface area contributed by atoms with Crippen LogP contribution in [0.5, 0.6) is 5.75 Å². The van der Waals surface area contributed by atoms with Gasteiger partial charge in [-0.2, -0.15) is 0 Å². The first-order valence-corrected chi connectivity index (χ1v) is 9.54. The Balaban J connectivity index is 2.04. The number of benzene rings is 2. The second kappa shape index (κ2) is 8.92. The third-order valence-electron chi connectivity index (χ3n) is 4.85. The summed E-state index contributed by atoms with van der Waals surface area (Å²) >= 11 is 0. The quantitative estimate of drug-likeness (QED) is 0.548. The van der Waals surface area contributed by atoms with Crippen molar-refractivity contribution in [1.82, 2.24) is 4.90 Å². The summed E-state index contributed by atoms with van der Waals surface area (Å²) in [4.78, 5) is 27.6. The molecule has 0 unspecified atom stereocenters. The Kier molecular flexibility index (Phi) is 6.34. The number of nitrogens with one attached hydrogen (secondary N) is 1. The molecular formula is C23H26N2O4. The molecule has 0 aliphatic carbocycles. The Labute approximate surface area is 171 Å². The van der Waals surface area contributed by atoms with E-state index in [1.807, 2.05) is 56.3 Å². The maximum absolute atomic E-state index is 13.2. The number of nitrogens with zero attached hydrogens (tertiary/aromatic N) is 1. The van der Waals surface area contributed by atoms with Crippen LogP contribution in [0.2, 0.25) is 0 Å². The average Bonchev–Trinajstić information content (AvgIpc) is 2.93. The van der Waals surface area contributed by atoms with Gasteiger partial charge in [-0.3, -0.25) is 14.5 Å². The lowest BCUT2D eigenvalue weighted by Gasteiger charge is -2.15. The Hall–Kier alpha value is -3.12. The molecule has 0 spiro atoms. The lowest BCUT2D eigenvalue weighted by Crippen LogP contribution is -2.33. The molecule has 0 radical (unpaired) electrons. The van der Waals surface area contributed by atoms with E-state index in [4.69, 9.17) is 9.47 Å². The molecule has 6 nitrogen and oxygen atoms in total. The van der Waals surface area contributed by atoms with Gasteiger partial charge in [0.1, 0.15) is 11.4 Å². The number of carbonyl (C=O) groups is 2. The first-order valence-electron chi connectivity index (χ1n) is 9.54. The van der Waals surface area contributed by atoms with E-state index < -0.39 is 0 Å². The molecule has 3 rings (SSSR count). The van der Waals surface area contributed by atoms with Gasteiger partial charge in [0, 0.05) is 20.3 Å². The van der Waals surface area contributed by atoms with Crippen LogP contribution >= 0.6 is 0 Å². The number of methoxy groups -OCH3 is 2. The molecule has 0 atom stereocenters. The van der Waals surface area contributed by atoms with Crippen molar-refractivity contribution in [3.63, 3.8) is 0 Å². The second-order valence-corrected chi connectivity index (χ2v) is 7.05. The number of imide groups is 1. The normalized spacial score (nSPS) is 14.0. The molecule has 1 aliphatic heterocycles. The molecule has 2 aromatic rings. The molecule has 1 aliphatic rings. The zero-order chi connectivity index (χ0) is 21.0. The van der Waals surface area contributed by atoms with Gasteiger partial charge < -0.3 is 14.8 Å². The fourth-order valence-corrected chi connectivity index (χ4v) is 3.30. The lowest BCUT2D eigenvalue weighted by molar-refractivity contribution is -0.136. The molecule has 152 valence electrons. The van der Waals surface area contributed by atoms with E-state index in [0.717, 1.165) is 11.1 Å². The summed E-state index contributed by atoms with van der Waals surface area (Å²) in [7, 11) is 3.17. The fourth-order valence-electron chi connectivity index (χ4n) is 3.30. The predicted octanol–water partition coefficient (Wildman–Crippen LogP) is 3.54. The number of ether oxygens (including phenoxy) is 2. The summed E-state index contributed by atoms with van der Waals surface area (Å²) in [5.41, 5.74) is 4.08. The highest BCUT2D eigenvalue weighted by Crippen LogP contribution is 2.34. The first kappa shape index (κ1) is 20.6. The topological polar surface area (TPSA) is 67.9 Å². The summed E-state index contributed by atoms with van der Waals surface area (Å²) in [6.45, 7) is 4.72. The number of aryl methyl sites for hydroxylation is 2. The van der Waals surface area contributed by atoms with E-state index in [2.05, 4.69) is 5.32 Å². The van der Waals surface area contributed by atoms with E-state index in [1.165, 1.54) is 4.90 Å².